The van der Waals surface area contributed by atoms with Gasteiger partial charge in [-0.2, -0.15) is 0 Å². The second kappa shape index (κ2) is 10.3. The number of amides is 1. The molecule has 2 aliphatic rings. The number of anilines is 1. The number of hydrogen-bond donors (Lipinski definition) is 2. The predicted molar refractivity (Wildman–Crippen MR) is 151 cm³/mol. The molecule has 7 nitrogen and oxygen atoms in total. The Hall–Kier alpha value is -3.49. The Morgan fingerprint density at radius 1 is 1.05 bits per heavy atom. The molecule has 0 bridgehead atoms. The van der Waals surface area contributed by atoms with Crippen LogP contribution in [-0.4, -0.2) is 43.7 Å². The number of aryl methyl sites for hydroxylation is 1. The number of benzene rings is 3. The monoisotopic (exact) mass is 530 g/mol. The van der Waals surface area contributed by atoms with E-state index in [2.05, 4.69) is 15.0 Å². The molecule has 2 aliphatic heterocycles. The van der Waals surface area contributed by atoms with E-state index in [-0.39, 0.29) is 16.3 Å². The van der Waals surface area contributed by atoms with E-state index in [9.17, 15) is 13.2 Å². The molecular weight excluding hydrogens is 496 g/mol. The lowest BCUT2D eigenvalue weighted by Gasteiger charge is -2.39. The second-order valence-corrected chi connectivity index (χ2v) is 12.3. The average Bonchev–Trinajstić information content (AvgIpc) is 3.36. The van der Waals surface area contributed by atoms with Gasteiger partial charge in [0, 0.05) is 29.8 Å². The summed E-state index contributed by atoms with van der Waals surface area (Å²) in [5.41, 5.74) is 3.96. The lowest BCUT2D eigenvalue weighted by molar-refractivity contribution is 0.0856. The van der Waals surface area contributed by atoms with Gasteiger partial charge in [-0.05, 0) is 73.7 Å². The quantitative estimate of drug-likeness (QED) is 0.452. The molecule has 0 saturated carbocycles. The van der Waals surface area contributed by atoms with Gasteiger partial charge in [0.1, 0.15) is 5.84 Å². The van der Waals surface area contributed by atoms with Gasteiger partial charge in [0.05, 0.1) is 17.5 Å². The molecule has 0 unspecified atom stereocenters. The van der Waals surface area contributed by atoms with Crippen molar-refractivity contribution in [2.75, 3.05) is 18.4 Å². The Bertz CT molecular complexity index is 1470. The Labute approximate surface area is 225 Å². The van der Waals surface area contributed by atoms with E-state index >= 15 is 0 Å². The van der Waals surface area contributed by atoms with Gasteiger partial charge >= 0.3 is 0 Å². The fourth-order valence-electron chi connectivity index (χ4n) is 5.20. The minimum Gasteiger partial charge on any atom is -0.380 e. The van der Waals surface area contributed by atoms with Crippen molar-refractivity contribution in [2.24, 2.45) is 4.99 Å². The first-order valence-electron chi connectivity index (χ1n) is 13.1. The van der Waals surface area contributed by atoms with Crippen LogP contribution in [0.4, 0.5) is 5.69 Å². The standard InChI is InChI=1S/C30H34N4O3S/c1-4-21-10-13-24(14-11-21)38(36,37)33-27-20-30(2,3)32-26-15-12-23(19-25(26)27)29(35)34-17-16-31-28(34)18-22-8-6-5-7-9-22/h5-15,19,27,32-33H,4,16-18,20H2,1-3H3/t27-/m0/s1. The second-order valence-electron chi connectivity index (χ2n) is 10.6. The lowest BCUT2D eigenvalue weighted by Crippen LogP contribution is -2.43. The molecule has 1 atom stereocenters. The summed E-state index contributed by atoms with van der Waals surface area (Å²) >= 11 is 0. The van der Waals surface area contributed by atoms with E-state index in [1.165, 1.54) is 0 Å². The molecule has 0 aromatic heterocycles. The Balaban J connectivity index is 1.42. The summed E-state index contributed by atoms with van der Waals surface area (Å²) in [7, 11) is -3.76. The first kappa shape index (κ1) is 26.1. The fourth-order valence-corrected chi connectivity index (χ4v) is 6.41. The van der Waals surface area contributed by atoms with Crippen LogP contribution >= 0.6 is 0 Å². The molecule has 8 heteroatoms. The van der Waals surface area contributed by atoms with Gasteiger partial charge in [-0.3, -0.25) is 14.7 Å². The maximum atomic E-state index is 13.6. The van der Waals surface area contributed by atoms with Gasteiger partial charge in [-0.15, -0.1) is 0 Å². The minimum absolute atomic E-state index is 0.124. The first-order valence-corrected chi connectivity index (χ1v) is 14.6. The molecule has 3 aromatic carbocycles. The molecule has 198 valence electrons. The van der Waals surface area contributed by atoms with Crippen LogP contribution in [0.3, 0.4) is 0 Å². The number of aliphatic imine (C=N–C) groups is 1. The number of carbonyl (C=O) groups is 1. The molecule has 0 aliphatic carbocycles. The van der Waals surface area contributed by atoms with E-state index in [0.717, 1.165) is 34.6 Å². The SMILES string of the molecule is CCc1ccc(S(=O)(=O)N[C@H]2CC(C)(C)Nc3ccc(C(=O)N4CCN=C4Cc4ccccc4)cc32)cc1. The number of rotatable bonds is 7. The molecule has 2 heterocycles. The van der Waals surface area contributed by atoms with E-state index in [4.69, 9.17) is 0 Å². The molecule has 3 aromatic rings. The maximum absolute atomic E-state index is 13.6. The molecule has 0 spiro atoms. The molecule has 0 saturated heterocycles. The van der Waals surface area contributed by atoms with Crippen LogP contribution in [0.2, 0.25) is 0 Å². The summed E-state index contributed by atoms with van der Waals surface area (Å²) in [6, 6.07) is 22.0. The van der Waals surface area contributed by atoms with Crippen LogP contribution in [0.15, 0.2) is 82.7 Å². The number of sulfonamides is 1. The van der Waals surface area contributed by atoms with Crippen molar-refractivity contribution in [2.45, 2.75) is 56.5 Å². The molecule has 0 radical (unpaired) electrons. The first-order chi connectivity index (χ1) is 18.1. The van der Waals surface area contributed by atoms with Crippen molar-refractivity contribution in [3.8, 4) is 0 Å². The molecule has 0 fully saturated rings. The zero-order valence-electron chi connectivity index (χ0n) is 22.1. The minimum atomic E-state index is -3.76. The highest BCUT2D eigenvalue weighted by Crippen LogP contribution is 2.39. The normalized spacial score (nSPS) is 18.4. The molecule has 1 amide bonds. The summed E-state index contributed by atoms with van der Waals surface area (Å²) < 4.78 is 29.6. The van der Waals surface area contributed by atoms with Crippen molar-refractivity contribution in [1.29, 1.82) is 0 Å². The molecular formula is C30H34N4O3S. The van der Waals surface area contributed by atoms with Crippen molar-refractivity contribution in [3.05, 3.63) is 95.1 Å². The highest BCUT2D eigenvalue weighted by Gasteiger charge is 2.35. The summed E-state index contributed by atoms with van der Waals surface area (Å²) in [6.45, 7) is 7.24. The van der Waals surface area contributed by atoms with Crippen molar-refractivity contribution in [1.82, 2.24) is 9.62 Å². The zero-order valence-corrected chi connectivity index (χ0v) is 22.9. The van der Waals surface area contributed by atoms with Crippen LogP contribution in [0.5, 0.6) is 0 Å². The summed E-state index contributed by atoms with van der Waals surface area (Å²) in [5.74, 6) is 0.632. The van der Waals surface area contributed by atoms with E-state index in [0.29, 0.717) is 31.5 Å². The van der Waals surface area contributed by atoms with Gasteiger partial charge in [-0.1, -0.05) is 49.4 Å². The smallest absolute Gasteiger partial charge is 0.259 e. The highest BCUT2D eigenvalue weighted by molar-refractivity contribution is 7.89. The maximum Gasteiger partial charge on any atom is 0.259 e. The van der Waals surface area contributed by atoms with E-state index in [1.54, 1.807) is 17.0 Å². The van der Waals surface area contributed by atoms with Crippen LogP contribution in [0.25, 0.3) is 0 Å². The Morgan fingerprint density at radius 3 is 2.50 bits per heavy atom. The predicted octanol–water partition coefficient (Wildman–Crippen LogP) is 4.96. The molecule has 38 heavy (non-hydrogen) atoms. The van der Waals surface area contributed by atoms with Crippen LogP contribution in [-0.2, 0) is 22.9 Å². The van der Waals surface area contributed by atoms with Gasteiger partial charge < -0.3 is 5.32 Å². The highest BCUT2D eigenvalue weighted by atomic mass is 32.2. The van der Waals surface area contributed by atoms with E-state index < -0.39 is 16.1 Å². The molecule has 5 rings (SSSR count). The fraction of sp³-hybridized carbons (Fsp3) is 0.333. The van der Waals surface area contributed by atoms with Crippen LogP contribution in [0.1, 0.15) is 60.3 Å². The average molecular weight is 531 g/mol. The summed E-state index contributed by atoms with van der Waals surface area (Å²) in [6.07, 6.45) is 1.97. The van der Waals surface area contributed by atoms with Gasteiger partial charge in [0.15, 0.2) is 0 Å². The zero-order chi connectivity index (χ0) is 26.9. The van der Waals surface area contributed by atoms with Crippen molar-refractivity contribution < 1.29 is 13.2 Å². The largest absolute Gasteiger partial charge is 0.380 e. The topological polar surface area (TPSA) is 90.9 Å². The number of nitrogens with zero attached hydrogens (tertiary/aromatic N) is 2. The lowest BCUT2D eigenvalue weighted by atomic mass is 9.85. The van der Waals surface area contributed by atoms with E-state index in [1.807, 2.05) is 81.4 Å². The third kappa shape index (κ3) is 5.51. The Morgan fingerprint density at radius 2 is 1.79 bits per heavy atom. The molecule has 2 N–H and O–H groups in total. The number of carbonyl (C=O) groups excluding carboxylic acids is 1. The number of hydrogen-bond acceptors (Lipinski definition) is 5. The number of amidine groups is 1. The van der Waals surface area contributed by atoms with Gasteiger partial charge in [0.25, 0.3) is 5.91 Å². The number of nitrogens with one attached hydrogen (secondary N) is 2. The van der Waals surface area contributed by atoms with Crippen molar-refractivity contribution in [3.63, 3.8) is 0 Å². The van der Waals surface area contributed by atoms with Crippen molar-refractivity contribution >= 4 is 27.5 Å². The van der Waals surface area contributed by atoms with Crippen LogP contribution < -0.4 is 10.0 Å². The van der Waals surface area contributed by atoms with Gasteiger partial charge in [0.2, 0.25) is 10.0 Å². The van der Waals surface area contributed by atoms with Crippen LogP contribution in [0, 0.1) is 0 Å². The summed E-state index contributed by atoms with van der Waals surface area (Å²) in [4.78, 5) is 20.2. The number of fused-ring (bicyclic) bond motifs is 1. The third-order valence-electron chi connectivity index (χ3n) is 7.18. The summed E-state index contributed by atoms with van der Waals surface area (Å²) in [5, 5.41) is 3.50. The third-order valence-corrected chi connectivity index (χ3v) is 8.67. The van der Waals surface area contributed by atoms with Gasteiger partial charge in [-0.25, -0.2) is 13.1 Å². The Kier molecular flexibility index (Phi) is 7.11.